The molecule has 1 aromatic heterocycles. The van der Waals surface area contributed by atoms with Gasteiger partial charge in [-0.1, -0.05) is 26.8 Å². The topological polar surface area (TPSA) is 29.3 Å². The van der Waals surface area contributed by atoms with Crippen molar-refractivity contribution < 1.29 is 0 Å². The van der Waals surface area contributed by atoms with Crippen LogP contribution >= 0.6 is 11.3 Å². The molecule has 0 bridgehead atoms. The first kappa shape index (κ1) is 14.0. The number of rotatable bonds is 4. The van der Waals surface area contributed by atoms with Crippen LogP contribution in [0.2, 0.25) is 0 Å². The molecule has 2 rings (SSSR count). The molecule has 0 aromatic carbocycles. The van der Waals surface area contributed by atoms with Crippen LogP contribution in [0.3, 0.4) is 0 Å². The fourth-order valence-corrected chi connectivity index (χ4v) is 4.59. The Kier molecular flexibility index (Phi) is 3.86. The molecular weight excluding hydrogens is 240 g/mol. The van der Waals surface area contributed by atoms with Crippen molar-refractivity contribution in [1.82, 2.24) is 4.90 Å². The quantitative estimate of drug-likeness (QED) is 0.905. The Morgan fingerprint density at radius 1 is 1.50 bits per heavy atom. The van der Waals surface area contributed by atoms with E-state index in [-0.39, 0.29) is 5.54 Å². The summed E-state index contributed by atoms with van der Waals surface area (Å²) in [4.78, 5) is 3.93. The van der Waals surface area contributed by atoms with E-state index in [1.165, 1.54) is 17.7 Å². The van der Waals surface area contributed by atoms with Crippen molar-refractivity contribution in [3.63, 3.8) is 0 Å². The van der Waals surface area contributed by atoms with E-state index in [4.69, 9.17) is 5.73 Å². The minimum absolute atomic E-state index is 0.174. The standard InChI is InChI=1S/C15H26N2S/c1-12-8-14(2,3)10-15(12,11-16)17(4)9-13-6-5-7-18-13/h5-7,12H,8-11,16H2,1-4H3. The number of hydrogen-bond donors (Lipinski definition) is 1. The Bertz CT molecular complexity index is 385. The SMILES string of the molecule is CC1CC(C)(C)CC1(CN)N(C)Cc1cccs1. The zero-order valence-electron chi connectivity index (χ0n) is 12.1. The maximum atomic E-state index is 6.17. The normalized spacial score (nSPS) is 31.1. The first-order valence-electron chi connectivity index (χ1n) is 6.83. The Morgan fingerprint density at radius 3 is 2.67 bits per heavy atom. The summed E-state index contributed by atoms with van der Waals surface area (Å²) >= 11 is 1.84. The smallest absolute Gasteiger partial charge is 0.0363 e. The fourth-order valence-electron chi connectivity index (χ4n) is 3.83. The average Bonchev–Trinajstić information content (AvgIpc) is 2.84. The Hall–Kier alpha value is -0.380. The molecule has 2 atom stereocenters. The van der Waals surface area contributed by atoms with Crippen LogP contribution in [0.4, 0.5) is 0 Å². The second kappa shape index (κ2) is 4.95. The van der Waals surface area contributed by atoms with Crippen molar-refractivity contribution in [2.24, 2.45) is 17.1 Å². The number of hydrogen-bond acceptors (Lipinski definition) is 3. The number of nitrogens with two attached hydrogens (primary N) is 1. The van der Waals surface area contributed by atoms with E-state index < -0.39 is 0 Å². The highest BCUT2D eigenvalue weighted by molar-refractivity contribution is 7.09. The molecule has 102 valence electrons. The maximum Gasteiger partial charge on any atom is 0.0363 e. The van der Waals surface area contributed by atoms with Crippen LogP contribution in [0.1, 0.15) is 38.5 Å². The summed E-state index contributed by atoms with van der Waals surface area (Å²) in [6.07, 6.45) is 2.48. The number of likely N-dealkylation sites (N-methyl/N-ethyl adjacent to an activating group) is 1. The van der Waals surface area contributed by atoms with Gasteiger partial charge in [-0.2, -0.15) is 0 Å². The first-order chi connectivity index (χ1) is 8.39. The molecule has 0 saturated heterocycles. The minimum atomic E-state index is 0.174. The summed E-state index contributed by atoms with van der Waals surface area (Å²) in [5, 5.41) is 2.15. The second-order valence-electron chi connectivity index (χ2n) is 6.69. The summed E-state index contributed by atoms with van der Waals surface area (Å²) in [5.74, 6) is 0.669. The van der Waals surface area contributed by atoms with Crippen LogP contribution in [0.25, 0.3) is 0 Å². The summed E-state index contributed by atoms with van der Waals surface area (Å²) in [6, 6.07) is 4.35. The molecule has 1 aliphatic carbocycles. The lowest BCUT2D eigenvalue weighted by molar-refractivity contribution is 0.0796. The van der Waals surface area contributed by atoms with Gasteiger partial charge in [0.15, 0.2) is 0 Å². The molecule has 2 unspecified atom stereocenters. The van der Waals surface area contributed by atoms with E-state index in [0.29, 0.717) is 11.3 Å². The second-order valence-corrected chi connectivity index (χ2v) is 7.72. The molecule has 0 amide bonds. The van der Waals surface area contributed by atoms with Gasteiger partial charge in [-0.05, 0) is 42.7 Å². The molecule has 0 spiro atoms. The lowest BCUT2D eigenvalue weighted by Crippen LogP contribution is -2.53. The highest BCUT2D eigenvalue weighted by atomic mass is 32.1. The van der Waals surface area contributed by atoms with Gasteiger partial charge in [0.2, 0.25) is 0 Å². The molecule has 1 aromatic rings. The van der Waals surface area contributed by atoms with Crippen LogP contribution in [0.5, 0.6) is 0 Å². The van der Waals surface area contributed by atoms with Gasteiger partial charge >= 0.3 is 0 Å². The van der Waals surface area contributed by atoms with Gasteiger partial charge in [-0.3, -0.25) is 4.90 Å². The molecule has 1 aliphatic rings. The lowest BCUT2D eigenvalue weighted by Gasteiger charge is -2.42. The Labute approximate surface area is 115 Å². The Balaban J connectivity index is 2.17. The van der Waals surface area contributed by atoms with E-state index in [2.05, 4.69) is 50.2 Å². The van der Waals surface area contributed by atoms with Crippen molar-refractivity contribution in [1.29, 1.82) is 0 Å². The molecule has 0 aliphatic heterocycles. The molecule has 0 radical (unpaired) electrons. The summed E-state index contributed by atoms with van der Waals surface area (Å²) in [6.45, 7) is 8.90. The maximum absolute atomic E-state index is 6.17. The fraction of sp³-hybridized carbons (Fsp3) is 0.733. The van der Waals surface area contributed by atoms with Gasteiger partial charge < -0.3 is 5.73 Å². The van der Waals surface area contributed by atoms with E-state index in [1.54, 1.807) is 0 Å². The van der Waals surface area contributed by atoms with Crippen molar-refractivity contribution in [3.8, 4) is 0 Å². The third kappa shape index (κ3) is 2.49. The molecule has 1 heterocycles. The highest BCUT2D eigenvalue weighted by Gasteiger charge is 2.49. The van der Waals surface area contributed by atoms with Crippen LogP contribution in [-0.2, 0) is 6.54 Å². The largest absolute Gasteiger partial charge is 0.329 e. The van der Waals surface area contributed by atoms with Gasteiger partial charge in [-0.15, -0.1) is 11.3 Å². The van der Waals surface area contributed by atoms with Crippen molar-refractivity contribution in [2.45, 2.75) is 45.7 Å². The van der Waals surface area contributed by atoms with Crippen LogP contribution in [0.15, 0.2) is 17.5 Å². The predicted octanol–water partition coefficient (Wildman–Crippen LogP) is 3.33. The van der Waals surface area contributed by atoms with E-state index >= 15 is 0 Å². The summed E-state index contributed by atoms with van der Waals surface area (Å²) in [5.41, 5.74) is 6.77. The van der Waals surface area contributed by atoms with Gasteiger partial charge in [-0.25, -0.2) is 0 Å². The van der Waals surface area contributed by atoms with Crippen molar-refractivity contribution in [3.05, 3.63) is 22.4 Å². The summed E-state index contributed by atoms with van der Waals surface area (Å²) in [7, 11) is 2.24. The summed E-state index contributed by atoms with van der Waals surface area (Å²) < 4.78 is 0. The van der Waals surface area contributed by atoms with Crippen LogP contribution in [-0.4, -0.2) is 24.0 Å². The average molecular weight is 266 g/mol. The number of nitrogens with zero attached hydrogens (tertiary/aromatic N) is 1. The zero-order valence-corrected chi connectivity index (χ0v) is 12.9. The van der Waals surface area contributed by atoms with Crippen LogP contribution < -0.4 is 5.73 Å². The molecule has 2 N–H and O–H groups in total. The van der Waals surface area contributed by atoms with Gasteiger partial charge in [0, 0.05) is 23.5 Å². The molecule has 1 fully saturated rings. The third-order valence-electron chi connectivity index (χ3n) is 4.65. The van der Waals surface area contributed by atoms with E-state index in [1.807, 2.05) is 11.3 Å². The molecular formula is C15H26N2S. The van der Waals surface area contributed by atoms with Gasteiger partial charge in [0.1, 0.15) is 0 Å². The lowest BCUT2D eigenvalue weighted by atomic mass is 9.85. The minimum Gasteiger partial charge on any atom is -0.329 e. The monoisotopic (exact) mass is 266 g/mol. The van der Waals surface area contributed by atoms with E-state index in [9.17, 15) is 0 Å². The Morgan fingerprint density at radius 2 is 2.22 bits per heavy atom. The molecule has 3 heteroatoms. The predicted molar refractivity (Wildman–Crippen MR) is 79.8 cm³/mol. The molecule has 18 heavy (non-hydrogen) atoms. The van der Waals surface area contributed by atoms with Crippen molar-refractivity contribution >= 4 is 11.3 Å². The number of thiophene rings is 1. The molecule has 1 saturated carbocycles. The molecule has 2 nitrogen and oxygen atoms in total. The van der Waals surface area contributed by atoms with Gasteiger partial charge in [0.25, 0.3) is 0 Å². The first-order valence-corrected chi connectivity index (χ1v) is 7.71. The third-order valence-corrected chi connectivity index (χ3v) is 5.51. The van der Waals surface area contributed by atoms with E-state index in [0.717, 1.165) is 13.1 Å². The van der Waals surface area contributed by atoms with Crippen molar-refractivity contribution in [2.75, 3.05) is 13.6 Å². The van der Waals surface area contributed by atoms with Crippen LogP contribution in [0, 0.1) is 11.3 Å². The zero-order chi connectivity index (χ0) is 13.4. The highest BCUT2D eigenvalue weighted by Crippen LogP contribution is 2.49. The van der Waals surface area contributed by atoms with Gasteiger partial charge in [0.05, 0.1) is 0 Å².